The average molecular weight is 238 g/mol. The lowest BCUT2D eigenvalue weighted by atomic mass is 10.7. The van der Waals surface area contributed by atoms with Crippen LogP contribution >= 0.6 is 0 Å². The van der Waals surface area contributed by atoms with Gasteiger partial charge in [-0.3, -0.25) is 18.3 Å². The molecule has 1 unspecified atom stereocenters. The highest BCUT2D eigenvalue weighted by molar-refractivity contribution is 7.79. The van der Waals surface area contributed by atoms with Crippen molar-refractivity contribution < 1.29 is 22.9 Å². The molecule has 0 aliphatic heterocycles. The minimum atomic E-state index is -1.93. The van der Waals surface area contributed by atoms with Crippen molar-refractivity contribution in [2.45, 2.75) is 13.8 Å². The molecule has 0 amide bonds. The first-order chi connectivity index (χ1) is 5.18. The standard InChI is InChI=1S/C4H11N.C3H6O2S.3FH/c1-3-5-4-2;1-2-3-6(4)5;;;/h5H,3-4H2,1-2H3;2H,1,3H2,(H,4,5);3*1H/p-1. The van der Waals surface area contributed by atoms with Crippen LogP contribution in [0.25, 0.3) is 0 Å². The van der Waals surface area contributed by atoms with Gasteiger partial charge in [-0.2, -0.15) is 0 Å². The van der Waals surface area contributed by atoms with E-state index in [0.717, 1.165) is 13.1 Å². The van der Waals surface area contributed by atoms with E-state index in [-0.39, 0.29) is 19.9 Å². The molecule has 0 radical (unpaired) electrons. The van der Waals surface area contributed by atoms with E-state index in [1.165, 1.54) is 6.08 Å². The van der Waals surface area contributed by atoms with Gasteiger partial charge < -0.3 is 9.87 Å². The molecule has 92 valence electrons. The third kappa shape index (κ3) is 61.6. The van der Waals surface area contributed by atoms with Gasteiger partial charge in [-0.25, -0.2) is 0 Å². The van der Waals surface area contributed by atoms with E-state index in [1.54, 1.807) is 0 Å². The van der Waals surface area contributed by atoms with Crippen molar-refractivity contribution >= 4 is 11.1 Å². The van der Waals surface area contributed by atoms with Gasteiger partial charge >= 0.3 is 0 Å². The Balaban J connectivity index is -0.0000000321. The number of halogens is 3. The van der Waals surface area contributed by atoms with Crippen molar-refractivity contribution in [2.24, 2.45) is 0 Å². The first-order valence-corrected chi connectivity index (χ1v) is 4.80. The average Bonchev–Trinajstić information content (AvgIpc) is 1.90. The van der Waals surface area contributed by atoms with Crippen LogP contribution in [0.2, 0.25) is 0 Å². The van der Waals surface area contributed by atoms with Crippen LogP contribution in [0.1, 0.15) is 13.8 Å². The Morgan fingerprint density at radius 1 is 1.29 bits per heavy atom. The molecular formula is C7H19F3NO2S-. The third-order valence-electron chi connectivity index (χ3n) is 0.754. The van der Waals surface area contributed by atoms with Gasteiger partial charge in [0.05, 0.1) is 0 Å². The predicted octanol–water partition coefficient (Wildman–Crippen LogP) is 1.12. The summed E-state index contributed by atoms with van der Waals surface area (Å²) in [6, 6.07) is 0. The van der Waals surface area contributed by atoms with Crippen LogP contribution in [-0.2, 0) is 11.1 Å². The zero-order valence-electron chi connectivity index (χ0n) is 8.36. The monoisotopic (exact) mass is 238 g/mol. The molecule has 0 bridgehead atoms. The topological polar surface area (TPSA) is 52.2 Å². The summed E-state index contributed by atoms with van der Waals surface area (Å²) in [6.07, 6.45) is 1.34. The minimum absolute atomic E-state index is 0. The highest BCUT2D eigenvalue weighted by atomic mass is 32.2. The van der Waals surface area contributed by atoms with Gasteiger partial charge in [-0.15, -0.1) is 6.58 Å². The Bertz CT molecular complexity index is 115. The van der Waals surface area contributed by atoms with Gasteiger partial charge in [0.25, 0.3) is 0 Å². The molecule has 0 aliphatic rings. The van der Waals surface area contributed by atoms with Crippen LogP contribution < -0.4 is 5.32 Å². The van der Waals surface area contributed by atoms with E-state index in [0.29, 0.717) is 0 Å². The molecule has 14 heavy (non-hydrogen) atoms. The van der Waals surface area contributed by atoms with Crippen LogP contribution in [-0.4, -0.2) is 27.6 Å². The maximum Gasteiger partial charge on any atom is 0.0279 e. The van der Waals surface area contributed by atoms with Crippen molar-refractivity contribution in [3.05, 3.63) is 12.7 Å². The Morgan fingerprint density at radius 3 is 1.64 bits per heavy atom. The van der Waals surface area contributed by atoms with Gasteiger partial charge in [0.1, 0.15) is 0 Å². The molecular weight excluding hydrogens is 219 g/mol. The maximum absolute atomic E-state index is 9.53. The fraction of sp³-hybridized carbons (Fsp3) is 0.714. The van der Waals surface area contributed by atoms with Gasteiger partial charge in [-0.05, 0) is 13.1 Å². The molecule has 0 aromatic carbocycles. The zero-order chi connectivity index (χ0) is 9.11. The Hall–Kier alpha value is -0.400. The minimum Gasteiger partial charge on any atom is -0.772 e. The molecule has 3 nitrogen and oxygen atoms in total. The van der Waals surface area contributed by atoms with Crippen LogP contribution in [0.15, 0.2) is 12.7 Å². The molecule has 7 heteroatoms. The highest BCUT2D eigenvalue weighted by Gasteiger charge is 1.67. The van der Waals surface area contributed by atoms with Crippen LogP contribution in [0.4, 0.5) is 14.1 Å². The lowest BCUT2D eigenvalue weighted by Crippen LogP contribution is -2.09. The molecule has 1 atom stereocenters. The molecule has 0 saturated carbocycles. The molecule has 0 aromatic heterocycles. The van der Waals surface area contributed by atoms with E-state index in [1.807, 2.05) is 0 Å². The van der Waals surface area contributed by atoms with Crippen molar-refractivity contribution in [1.82, 2.24) is 5.32 Å². The van der Waals surface area contributed by atoms with Gasteiger partial charge in [0.2, 0.25) is 0 Å². The quantitative estimate of drug-likeness (QED) is 0.590. The summed E-state index contributed by atoms with van der Waals surface area (Å²) in [7, 11) is 0. The number of rotatable bonds is 4. The molecule has 0 aliphatic carbocycles. The van der Waals surface area contributed by atoms with E-state index >= 15 is 0 Å². The van der Waals surface area contributed by atoms with Gasteiger partial charge in [0.15, 0.2) is 0 Å². The summed E-state index contributed by atoms with van der Waals surface area (Å²) in [5, 5.41) is 3.11. The Labute approximate surface area is 85.4 Å². The number of nitrogens with one attached hydrogen (secondary N) is 1. The third-order valence-corrected chi connectivity index (χ3v) is 1.26. The lowest BCUT2D eigenvalue weighted by molar-refractivity contribution is 0.540. The number of hydrogen-bond acceptors (Lipinski definition) is 3. The van der Waals surface area contributed by atoms with Crippen molar-refractivity contribution in [3.8, 4) is 0 Å². The van der Waals surface area contributed by atoms with Crippen molar-refractivity contribution in [3.63, 3.8) is 0 Å². The molecule has 0 saturated heterocycles. The fourth-order valence-electron chi connectivity index (χ4n) is 0.346. The SMILES string of the molecule is C=CCS(=O)[O-].CCNCC.F.F.F. The smallest absolute Gasteiger partial charge is 0.0279 e. The highest BCUT2D eigenvalue weighted by Crippen LogP contribution is 1.69. The van der Waals surface area contributed by atoms with Crippen LogP contribution in [0.5, 0.6) is 0 Å². The molecule has 0 heterocycles. The van der Waals surface area contributed by atoms with Crippen molar-refractivity contribution in [1.29, 1.82) is 0 Å². The second kappa shape index (κ2) is 29.4. The summed E-state index contributed by atoms with van der Waals surface area (Å²) < 4.78 is 19.1. The molecule has 0 spiro atoms. The lowest BCUT2D eigenvalue weighted by Gasteiger charge is -1.94. The zero-order valence-corrected chi connectivity index (χ0v) is 9.17. The normalized spacial score (nSPS) is 8.79. The Kier molecular flexibility index (Phi) is 61.2. The van der Waals surface area contributed by atoms with Gasteiger partial charge in [0, 0.05) is 5.75 Å². The van der Waals surface area contributed by atoms with E-state index in [9.17, 15) is 8.76 Å². The largest absolute Gasteiger partial charge is 0.772 e. The second-order valence-corrected chi connectivity index (χ2v) is 2.66. The first kappa shape index (κ1) is 29.2. The molecule has 1 N–H and O–H groups in total. The fourth-order valence-corrected chi connectivity index (χ4v) is 0.539. The van der Waals surface area contributed by atoms with Crippen molar-refractivity contribution in [2.75, 3.05) is 18.8 Å². The summed E-state index contributed by atoms with van der Waals surface area (Å²) >= 11 is -1.93. The summed E-state index contributed by atoms with van der Waals surface area (Å²) in [5.74, 6) is 0.0556. The maximum atomic E-state index is 9.53. The summed E-state index contributed by atoms with van der Waals surface area (Å²) in [6.45, 7) is 9.60. The van der Waals surface area contributed by atoms with Gasteiger partial charge in [-0.1, -0.05) is 31.0 Å². The predicted molar refractivity (Wildman–Crippen MR) is 55.7 cm³/mol. The summed E-state index contributed by atoms with van der Waals surface area (Å²) in [4.78, 5) is 0. The molecule has 0 aromatic rings. The van der Waals surface area contributed by atoms with E-state index in [2.05, 4.69) is 25.7 Å². The van der Waals surface area contributed by atoms with E-state index in [4.69, 9.17) is 0 Å². The first-order valence-electron chi connectivity index (χ1n) is 3.56. The van der Waals surface area contributed by atoms with Crippen LogP contribution in [0.3, 0.4) is 0 Å². The Morgan fingerprint density at radius 2 is 1.64 bits per heavy atom. The number of hydrogen-bond donors (Lipinski definition) is 1. The molecule has 0 fully saturated rings. The van der Waals surface area contributed by atoms with E-state index < -0.39 is 11.1 Å². The van der Waals surface area contributed by atoms with Crippen LogP contribution in [0, 0.1) is 0 Å². The molecule has 0 rings (SSSR count). The summed E-state index contributed by atoms with van der Waals surface area (Å²) in [5.41, 5.74) is 0. The second-order valence-electron chi connectivity index (χ2n) is 1.72.